The molecule has 1 aliphatic carbocycles. The van der Waals surface area contributed by atoms with Crippen LogP contribution >= 0.6 is 23.1 Å². The Labute approximate surface area is 235 Å². The average Bonchev–Trinajstić information content (AvgIpc) is 3.54. The average molecular weight is 588 g/mol. The zero-order chi connectivity index (χ0) is 28.0. The van der Waals surface area contributed by atoms with Crippen molar-refractivity contribution in [1.82, 2.24) is 14.7 Å². The summed E-state index contributed by atoms with van der Waals surface area (Å²) < 4.78 is 26.3. The number of hydrogen-bond donors (Lipinski definition) is 3. The van der Waals surface area contributed by atoms with Crippen LogP contribution in [0.4, 0.5) is 10.8 Å². The third-order valence-electron chi connectivity index (χ3n) is 6.01. The number of benzene rings is 1. The molecule has 0 unspecified atom stereocenters. The molecule has 0 aliphatic heterocycles. The maximum absolute atomic E-state index is 13.1. The van der Waals surface area contributed by atoms with Crippen LogP contribution in [0.25, 0.3) is 0 Å². The monoisotopic (exact) mass is 587 g/mol. The van der Waals surface area contributed by atoms with Crippen LogP contribution < -0.4 is 15.4 Å². The van der Waals surface area contributed by atoms with Gasteiger partial charge in [0.25, 0.3) is 0 Å². The second-order valence-corrected chi connectivity index (χ2v) is 13.4. The summed E-state index contributed by atoms with van der Waals surface area (Å²) >= 11 is 2.45. The van der Waals surface area contributed by atoms with Crippen LogP contribution in [-0.4, -0.2) is 42.2 Å². The molecule has 0 spiro atoms. The summed E-state index contributed by atoms with van der Waals surface area (Å²) in [6, 6.07) is 10.7. The lowest BCUT2D eigenvalue weighted by Gasteiger charge is -2.14. The highest BCUT2D eigenvalue weighted by Crippen LogP contribution is 2.36. The highest BCUT2D eigenvalue weighted by atomic mass is 32.2. The number of Topliss-reactive ketones (excluding diaryl/α,β-unsaturated/α-hetero) is 1. The van der Waals surface area contributed by atoms with Gasteiger partial charge in [-0.15, -0.1) is 0 Å². The predicted octanol–water partition coefficient (Wildman–Crippen LogP) is 4.39. The molecule has 4 rings (SSSR count). The summed E-state index contributed by atoms with van der Waals surface area (Å²) in [6.07, 6.45) is 5.94. The van der Waals surface area contributed by atoms with Crippen molar-refractivity contribution in [3.63, 3.8) is 0 Å². The second kappa shape index (κ2) is 12.8. The van der Waals surface area contributed by atoms with Gasteiger partial charge >= 0.3 is 0 Å². The molecule has 206 valence electrons. The fourth-order valence-electron chi connectivity index (χ4n) is 4.17. The van der Waals surface area contributed by atoms with E-state index in [1.807, 2.05) is 19.1 Å². The van der Waals surface area contributed by atoms with E-state index < -0.39 is 28.3 Å². The van der Waals surface area contributed by atoms with Gasteiger partial charge in [-0.25, -0.2) is 23.1 Å². The molecule has 0 bridgehead atoms. The molecule has 10 nitrogen and oxygen atoms in total. The van der Waals surface area contributed by atoms with Crippen LogP contribution in [-0.2, 0) is 26.2 Å². The minimum Gasteiger partial charge on any atom is -0.325 e. The lowest BCUT2D eigenvalue weighted by molar-refractivity contribution is -0.123. The van der Waals surface area contributed by atoms with E-state index in [4.69, 9.17) is 0 Å². The molecular formula is C26H29N5O5S3. The molecule has 1 aromatic carbocycles. The van der Waals surface area contributed by atoms with Crippen LogP contribution in [0.3, 0.4) is 0 Å². The number of ketones is 1. The van der Waals surface area contributed by atoms with Crippen molar-refractivity contribution in [2.45, 2.75) is 54.8 Å². The number of nitrogens with zero attached hydrogens (tertiary/aromatic N) is 2. The Morgan fingerprint density at radius 2 is 1.82 bits per heavy atom. The maximum Gasteiger partial charge on any atom is 0.235 e. The number of carbonyl (C=O) groups is 3. The maximum atomic E-state index is 13.1. The molecule has 13 heteroatoms. The SMILES string of the molecule is Cc1ccc(NC(=O)CC(=O)Nc2nc(CNS(C)(=O)=O)c(Sc3ccccn3)s2)c(C(=O)C2CCCC2)c1. The Hall–Kier alpha value is -3.13. The normalized spacial score (nSPS) is 13.8. The van der Waals surface area contributed by atoms with E-state index in [0.717, 1.165) is 48.8 Å². The van der Waals surface area contributed by atoms with Crippen molar-refractivity contribution in [3.8, 4) is 0 Å². The van der Waals surface area contributed by atoms with Crippen molar-refractivity contribution in [2.24, 2.45) is 5.92 Å². The van der Waals surface area contributed by atoms with Gasteiger partial charge < -0.3 is 10.6 Å². The quantitative estimate of drug-likeness (QED) is 0.221. The zero-order valence-electron chi connectivity index (χ0n) is 21.5. The summed E-state index contributed by atoms with van der Waals surface area (Å²) in [5, 5.41) is 6.25. The number of rotatable bonds is 11. The van der Waals surface area contributed by atoms with Crippen molar-refractivity contribution in [2.75, 3.05) is 16.9 Å². The van der Waals surface area contributed by atoms with Crippen molar-refractivity contribution < 1.29 is 22.8 Å². The number of aryl methyl sites for hydroxylation is 1. The number of nitrogens with one attached hydrogen (secondary N) is 3. The van der Waals surface area contributed by atoms with Gasteiger partial charge in [-0.3, -0.25) is 14.4 Å². The fraction of sp³-hybridized carbons (Fsp3) is 0.346. The number of anilines is 2. The van der Waals surface area contributed by atoms with E-state index in [1.165, 1.54) is 11.8 Å². The first-order valence-electron chi connectivity index (χ1n) is 12.3. The van der Waals surface area contributed by atoms with Gasteiger partial charge in [0.15, 0.2) is 10.9 Å². The Morgan fingerprint density at radius 1 is 1.08 bits per heavy atom. The van der Waals surface area contributed by atoms with Crippen LogP contribution in [0.2, 0.25) is 0 Å². The molecular weight excluding hydrogens is 559 g/mol. The van der Waals surface area contributed by atoms with Crippen molar-refractivity contribution in [3.05, 3.63) is 59.4 Å². The smallest absolute Gasteiger partial charge is 0.235 e. The molecule has 2 aromatic heterocycles. The highest BCUT2D eigenvalue weighted by Gasteiger charge is 2.26. The largest absolute Gasteiger partial charge is 0.325 e. The van der Waals surface area contributed by atoms with E-state index in [2.05, 4.69) is 25.3 Å². The lowest BCUT2D eigenvalue weighted by atomic mass is 9.94. The number of thiazole rings is 1. The first-order chi connectivity index (χ1) is 18.6. The molecule has 0 radical (unpaired) electrons. The molecule has 1 saturated carbocycles. The highest BCUT2D eigenvalue weighted by molar-refractivity contribution is 8.01. The summed E-state index contributed by atoms with van der Waals surface area (Å²) in [5.41, 5.74) is 2.20. The molecule has 1 fully saturated rings. The molecule has 3 aromatic rings. The van der Waals surface area contributed by atoms with Gasteiger partial charge in [-0.05, 0) is 44.0 Å². The van der Waals surface area contributed by atoms with E-state index in [-0.39, 0.29) is 23.4 Å². The second-order valence-electron chi connectivity index (χ2n) is 9.28. The molecule has 0 saturated heterocycles. The Morgan fingerprint density at radius 3 is 2.51 bits per heavy atom. The molecule has 2 heterocycles. The lowest BCUT2D eigenvalue weighted by Crippen LogP contribution is -2.23. The minimum atomic E-state index is -3.46. The number of carbonyl (C=O) groups excluding carboxylic acids is 3. The number of sulfonamides is 1. The van der Waals surface area contributed by atoms with E-state index in [9.17, 15) is 22.8 Å². The minimum absolute atomic E-state index is 0.0203. The zero-order valence-corrected chi connectivity index (χ0v) is 24.0. The third-order valence-corrected chi connectivity index (χ3v) is 8.85. The summed E-state index contributed by atoms with van der Waals surface area (Å²) in [6.45, 7) is 1.82. The predicted molar refractivity (Wildman–Crippen MR) is 152 cm³/mol. The van der Waals surface area contributed by atoms with Gasteiger partial charge in [0.1, 0.15) is 11.4 Å². The molecule has 3 N–H and O–H groups in total. The van der Waals surface area contributed by atoms with E-state index >= 15 is 0 Å². The van der Waals surface area contributed by atoms with Gasteiger partial charge in [0.05, 0.1) is 28.4 Å². The van der Waals surface area contributed by atoms with Crippen LogP contribution in [0.5, 0.6) is 0 Å². The van der Waals surface area contributed by atoms with Crippen LogP contribution in [0.15, 0.2) is 51.8 Å². The number of pyridine rings is 1. The standard InChI is InChI=1S/C26H29N5O5S3/c1-16-10-11-19(18(13-16)24(34)17-7-3-4-8-17)29-21(32)14-22(33)31-26-30-20(15-28-39(2,35)36)25(38-26)37-23-9-5-6-12-27-23/h5-6,9-13,17,28H,3-4,7-8,14-15H2,1-2H3,(H,29,32)(H,30,31,33). The van der Waals surface area contributed by atoms with Crippen molar-refractivity contribution in [1.29, 1.82) is 0 Å². The summed E-state index contributed by atoms with van der Waals surface area (Å²) in [4.78, 5) is 47.1. The first-order valence-corrected chi connectivity index (χ1v) is 15.9. The van der Waals surface area contributed by atoms with E-state index in [0.29, 0.717) is 26.2 Å². The van der Waals surface area contributed by atoms with Gasteiger partial charge in [-0.1, -0.05) is 53.6 Å². The van der Waals surface area contributed by atoms with Crippen LogP contribution in [0.1, 0.15) is 53.7 Å². The topological polar surface area (TPSA) is 147 Å². The Bertz CT molecular complexity index is 1470. The number of hydrogen-bond acceptors (Lipinski definition) is 9. The van der Waals surface area contributed by atoms with E-state index in [1.54, 1.807) is 30.5 Å². The molecule has 2 amide bonds. The molecule has 1 aliphatic rings. The summed E-state index contributed by atoms with van der Waals surface area (Å²) in [7, 11) is -3.46. The van der Waals surface area contributed by atoms with Gasteiger partial charge in [-0.2, -0.15) is 0 Å². The molecule has 39 heavy (non-hydrogen) atoms. The van der Waals surface area contributed by atoms with Crippen molar-refractivity contribution >= 4 is 61.5 Å². The van der Waals surface area contributed by atoms with Crippen LogP contribution in [0, 0.1) is 12.8 Å². The Balaban J connectivity index is 1.43. The summed E-state index contributed by atoms with van der Waals surface area (Å²) in [5.74, 6) is -1.17. The molecule has 0 atom stereocenters. The fourth-order valence-corrected chi connectivity index (χ4v) is 6.64. The van der Waals surface area contributed by atoms with Gasteiger partial charge in [0.2, 0.25) is 21.8 Å². The first kappa shape index (κ1) is 28.9. The number of aromatic nitrogens is 2. The van der Waals surface area contributed by atoms with Gasteiger partial charge in [0, 0.05) is 17.7 Å². The Kier molecular flexibility index (Phi) is 9.49. The third kappa shape index (κ3) is 8.43. The number of amides is 2.